The van der Waals surface area contributed by atoms with E-state index in [1.807, 2.05) is 24.8 Å². The highest BCUT2D eigenvalue weighted by molar-refractivity contribution is 9.10. The van der Waals surface area contributed by atoms with E-state index in [4.69, 9.17) is 0 Å². The minimum atomic E-state index is -0.267. The van der Waals surface area contributed by atoms with Crippen LogP contribution >= 0.6 is 15.9 Å². The van der Waals surface area contributed by atoms with Crippen LogP contribution in [0.2, 0.25) is 0 Å². The summed E-state index contributed by atoms with van der Waals surface area (Å²) in [4.78, 5) is 17.4. The number of rotatable bonds is 4. The molecule has 0 N–H and O–H groups in total. The summed E-state index contributed by atoms with van der Waals surface area (Å²) in [5.74, 6) is 0.495. The van der Waals surface area contributed by atoms with E-state index in [-0.39, 0.29) is 12.5 Å². The van der Waals surface area contributed by atoms with Gasteiger partial charge in [-0.15, -0.1) is 0 Å². The Morgan fingerprint density at radius 1 is 1.62 bits per heavy atom. The Hall–Kier alpha value is -1.10. The summed E-state index contributed by atoms with van der Waals surface area (Å²) in [5.41, 5.74) is 1.07. The molecule has 1 aromatic heterocycles. The molecular formula is C11H15BrN2O2. The first-order valence-electron chi connectivity index (χ1n) is 5.02. The number of carbonyl (C=O) groups excluding carboxylic acids is 1. The van der Waals surface area contributed by atoms with E-state index in [1.54, 1.807) is 6.20 Å². The molecule has 1 aromatic rings. The molecular weight excluding hydrogens is 272 g/mol. The molecule has 4 nitrogen and oxygen atoms in total. The second-order valence-corrected chi connectivity index (χ2v) is 4.26. The molecule has 0 aliphatic heterocycles. The van der Waals surface area contributed by atoms with Gasteiger partial charge in [-0.2, -0.15) is 0 Å². The van der Waals surface area contributed by atoms with Crippen molar-refractivity contribution in [1.82, 2.24) is 4.98 Å². The van der Waals surface area contributed by atoms with E-state index in [0.717, 1.165) is 15.9 Å². The van der Waals surface area contributed by atoms with E-state index in [0.29, 0.717) is 6.54 Å². The van der Waals surface area contributed by atoms with E-state index < -0.39 is 0 Å². The van der Waals surface area contributed by atoms with Crippen molar-refractivity contribution in [1.29, 1.82) is 0 Å². The topological polar surface area (TPSA) is 42.4 Å². The molecule has 0 spiro atoms. The Bertz CT molecular complexity index is 382. The first kappa shape index (κ1) is 13.0. The Balaban J connectivity index is 2.90. The standard InChI is InChI=1S/C11H15BrN2O2/c1-4-14(7-10(15)16-3)11-9(12)5-8(2)6-13-11/h5-6H,4,7H2,1-3H3. The number of halogens is 1. The maximum Gasteiger partial charge on any atom is 0.325 e. The SMILES string of the molecule is CCN(CC(=O)OC)c1ncc(C)cc1Br. The summed E-state index contributed by atoms with van der Waals surface area (Å²) >= 11 is 3.44. The van der Waals surface area contributed by atoms with Crippen LogP contribution in [-0.4, -0.2) is 31.2 Å². The molecule has 1 heterocycles. The second kappa shape index (κ2) is 5.84. The monoisotopic (exact) mass is 286 g/mol. The zero-order valence-electron chi connectivity index (χ0n) is 9.66. The van der Waals surface area contributed by atoms with E-state index in [1.165, 1.54) is 7.11 Å². The van der Waals surface area contributed by atoms with E-state index in [9.17, 15) is 4.79 Å². The lowest BCUT2D eigenvalue weighted by atomic mass is 10.3. The zero-order valence-corrected chi connectivity index (χ0v) is 11.2. The summed E-state index contributed by atoms with van der Waals surface area (Å²) in [6.45, 7) is 4.85. The number of likely N-dealkylation sites (N-methyl/N-ethyl adjacent to an activating group) is 1. The molecule has 0 aliphatic carbocycles. The van der Waals surface area contributed by atoms with Gasteiger partial charge in [0.15, 0.2) is 0 Å². The first-order chi connectivity index (χ1) is 7.58. The van der Waals surface area contributed by atoms with Crippen LogP contribution in [0.4, 0.5) is 5.82 Å². The van der Waals surface area contributed by atoms with Crippen LogP contribution in [0.25, 0.3) is 0 Å². The molecule has 0 aromatic carbocycles. The van der Waals surface area contributed by atoms with Crippen molar-refractivity contribution >= 4 is 27.7 Å². The highest BCUT2D eigenvalue weighted by Gasteiger charge is 2.14. The van der Waals surface area contributed by atoms with Gasteiger partial charge in [-0.25, -0.2) is 4.98 Å². The van der Waals surface area contributed by atoms with E-state index in [2.05, 4.69) is 25.7 Å². The number of carbonyl (C=O) groups is 1. The molecule has 5 heteroatoms. The molecule has 0 unspecified atom stereocenters. The largest absolute Gasteiger partial charge is 0.468 e. The quantitative estimate of drug-likeness (QED) is 0.796. The van der Waals surface area contributed by atoms with Gasteiger partial charge in [0.1, 0.15) is 12.4 Å². The average Bonchev–Trinajstić information content (AvgIpc) is 2.26. The van der Waals surface area contributed by atoms with Gasteiger partial charge in [0.2, 0.25) is 0 Å². The van der Waals surface area contributed by atoms with Crippen molar-refractivity contribution in [3.05, 3.63) is 22.3 Å². The minimum absolute atomic E-state index is 0.210. The number of methoxy groups -OCH3 is 1. The van der Waals surface area contributed by atoms with Gasteiger partial charge < -0.3 is 9.64 Å². The fourth-order valence-corrected chi connectivity index (χ4v) is 2.03. The number of ether oxygens (including phenoxy) is 1. The summed E-state index contributed by atoms with van der Waals surface area (Å²) in [5, 5.41) is 0. The van der Waals surface area contributed by atoms with Crippen molar-refractivity contribution in [2.75, 3.05) is 25.1 Å². The molecule has 1 rings (SSSR count). The molecule has 0 fully saturated rings. The van der Waals surface area contributed by atoms with Gasteiger partial charge in [-0.1, -0.05) is 0 Å². The number of hydrogen-bond acceptors (Lipinski definition) is 4. The number of aryl methyl sites for hydroxylation is 1. The summed E-state index contributed by atoms with van der Waals surface area (Å²) in [6.07, 6.45) is 1.78. The van der Waals surface area contributed by atoms with Gasteiger partial charge in [0.25, 0.3) is 0 Å². The van der Waals surface area contributed by atoms with Crippen LogP contribution < -0.4 is 4.90 Å². The van der Waals surface area contributed by atoms with Crippen molar-refractivity contribution in [2.24, 2.45) is 0 Å². The van der Waals surface area contributed by atoms with Gasteiger partial charge in [-0.3, -0.25) is 4.79 Å². The first-order valence-corrected chi connectivity index (χ1v) is 5.81. The second-order valence-electron chi connectivity index (χ2n) is 3.41. The lowest BCUT2D eigenvalue weighted by molar-refractivity contribution is -0.138. The van der Waals surface area contributed by atoms with Crippen molar-refractivity contribution in [3.8, 4) is 0 Å². The molecule has 0 amide bonds. The van der Waals surface area contributed by atoms with Crippen LogP contribution in [0.15, 0.2) is 16.7 Å². The molecule has 16 heavy (non-hydrogen) atoms. The van der Waals surface area contributed by atoms with Gasteiger partial charge in [0, 0.05) is 12.7 Å². The van der Waals surface area contributed by atoms with Crippen LogP contribution in [-0.2, 0) is 9.53 Å². The fourth-order valence-electron chi connectivity index (χ4n) is 1.32. The van der Waals surface area contributed by atoms with Gasteiger partial charge >= 0.3 is 5.97 Å². The van der Waals surface area contributed by atoms with Gasteiger partial charge in [0.05, 0.1) is 11.6 Å². The minimum Gasteiger partial charge on any atom is -0.468 e. The third-order valence-corrected chi connectivity index (χ3v) is 2.77. The molecule has 0 bridgehead atoms. The Kier molecular flexibility index (Phi) is 4.73. The molecule has 88 valence electrons. The summed E-state index contributed by atoms with van der Waals surface area (Å²) in [6, 6.07) is 1.97. The normalized spacial score (nSPS) is 10.0. The van der Waals surface area contributed by atoms with Gasteiger partial charge in [-0.05, 0) is 41.4 Å². The fraction of sp³-hybridized carbons (Fsp3) is 0.455. The number of anilines is 1. The van der Waals surface area contributed by atoms with Crippen LogP contribution in [0.3, 0.4) is 0 Å². The molecule has 0 aliphatic rings. The Morgan fingerprint density at radius 3 is 2.81 bits per heavy atom. The van der Waals surface area contributed by atoms with Crippen LogP contribution in [0.1, 0.15) is 12.5 Å². The summed E-state index contributed by atoms with van der Waals surface area (Å²) < 4.78 is 5.53. The maximum atomic E-state index is 11.2. The third-order valence-electron chi connectivity index (χ3n) is 2.19. The maximum absolute atomic E-state index is 11.2. The summed E-state index contributed by atoms with van der Waals surface area (Å²) in [7, 11) is 1.38. The van der Waals surface area contributed by atoms with E-state index >= 15 is 0 Å². The predicted molar refractivity (Wildman–Crippen MR) is 66.6 cm³/mol. The molecule has 0 radical (unpaired) electrons. The lowest BCUT2D eigenvalue weighted by Crippen LogP contribution is -2.31. The highest BCUT2D eigenvalue weighted by Crippen LogP contribution is 2.24. The van der Waals surface area contributed by atoms with Crippen molar-refractivity contribution < 1.29 is 9.53 Å². The lowest BCUT2D eigenvalue weighted by Gasteiger charge is -2.21. The zero-order chi connectivity index (χ0) is 12.1. The molecule has 0 saturated heterocycles. The number of esters is 1. The third kappa shape index (κ3) is 3.20. The van der Waals surface area contributed by atoms with Crippen molar-refractivity contribution in [3.63, 3.8) is 0 Å². The van der Waals surface area contributed by atoms with Crippen molar-refractivity contribution in [2.45, 2.75) is 13.8 Å². The van der Waals surface area contributed by atoms with Crippen LogP contribution in [0.5, 0.6) is 0 Å². The highest BCUT2D eigenvalue weighted by atomic mass is 79.9. The number of aromatic nitrogens is 1. The smallest absolute Gasteiger partial charge is 0.325 e. The average molecular weight is 287 g/mol. The molecule has 0 atom stereocenters. The van der Waals surface area contributed by atoms with Crippen LogP contribution in [0, 0.1) is 6.92 Å². The number of pyridine rings is 1. The predicted octanol–water partition coefficient (Wildman–Crippen LogP) is 2.15. The Labute approximate surface area is 104 Å². The number of nitrogens with zero attached hydrogens (tertiary/aromatic N) is 2. The number of hydrogen-bond donors (Lipinski definition) is 0. The molecule has 0 saturated carbocycles. The Morgan fingerprint density at radius 2 is 2.31 bits per heavy atom.